The van der Waals surface area contributed by atoms with Gasteiger partial charge in [-0.1, -0.05) is 0 Å². The molecule has 0 saturated carbocycles. The van der Waals surface area contributed by atoms with E-state index in [1.165, 1.54) is 0 Å². The monoisotopic (exact) mass is 171 g/mol. The minimum atomic E-state index is -0.200. The molecule has 0 amide bonds. The molecule has 2 heterocycles. The molecule has 0 aromatic carbocycles. The highest BCUT2D eigenvalue weighted by molar-refractivity contribution is 7.09. The molecule has 11 heavy (non-hydrogen) atoms. The molecule has 1 fully saturated rings. The largest absolute Gasteiger partial charge is 0.344 e. The Morgan fingerprint density at radius 2 is 2.27 bits per heavy atom. The van der Waals surface area contributed by atoms with E-state index in [0.717, 1.165) is 10.7 Å². The molecule has 1 saturated heterocycles. The van der Waals surface area contributed by atoms with Crippen LogP contribution in [0.4, 0.5) is 0 Å². The third-order valence-electron chi connectivity index (χ3n) is 1.46. The van der Waals surface area contributed by atoms with Gasteiger partial charge in [0.1, 0.15) is 5.01 Å². The Kier molecular flexibility index (Phi) is 1.89. The minimum absolute atomic E-state index is 0.200. The van der Waals surface area contributed by atoms with Crippen molar-refractivity contribution in [2.24, 2.45) is 0 Å². The molecule has 1 aromatic rings. The van der Waals surface area contributed by atoms with Gasteiger partial charge in [-0.3, -0.25) is 0 Å². The molecule has 2 rings (SSSR count). The highest BCUT2D eigenvalue weighted by Crippen LogP contribution is 2.25. The van der Waals surface area contributed by atoms with Crippen molar-refractivity contribution in [2.75, 3.05) is 13.2 Å². The molecule has 1 aliphatic heterocycles. The summed E-state index contributed by atoms with van der Waals surface area (Å²) in [7, 11) is 0. The third kappa shape index (κ3) is 1.42. The summed E-state index contributed by atoms with van der Waals surface area (Å²) in [5.74, 6) is 0. The number of hydrogen-bond donors (Lipinski definition) is 0. The summed E-state index contributed by atoms with van der Waals surface area (Å²) in [6.45, 7) is 3.33. The summed E-state index contributed by atoms with van der Waals surface area (Å²) < 4.78 is 10.6. The number of thiazole rings is 1. The van der Waals surface area contributed by atoms with Crippen LogP contribution < -0.4 is 0 Å². The molecular formula is C7H9NO2S. The molecule has 4 heteroatoms. The van der Waals surface area contributed by atoms with Gasteiger partial charge in [-0.05, 0) is 6.92 Å². The Morgan fingerprint density at radius 3 is 2.82 bits per heavy atom. The normalized spacial score (nSPS) is 19.4. The molecule has 0 atom stereocenters. The van der Waals surface area contributed by atoms with Gasteiger partial charge in [-0.25, -0.2) is 4.98 Å². The maximum atomic E-state index is 5.28. The molecule has 1 aliphatic rings. The second kappa shape index (κ2) is 2.89. The van der Waals surface area contributed by atoms with Crippen LogP contribution in [0.1, 0.15) is 17.0 Å². The van der Waals surface area contributed by atoms with Crippen LogP contribution >= 0.6 is 11.3 Å². The fourth-order valence-corrected chi connectivity index (χ4v) is 1.77. The summed E-state index contributed by atoms with van der Waals surface area (Å²) in [4.78, 5) is 4.26. The molecule has 0 spiro atoms. The van der Waals surface area contributed by atoms with Crippen molar-refractivity contribution >= 4 is 11.3 Å². The second-order valence-corrected chi connectivity index (χ2v) is 3.29. The zero-order valence-electron chi connectivity index (χ0n) is 6.24. The number of nitrogens with zero attached hydrogens (tertiary/aromatic N) is 1. The van der Waals surface area contributed by atoms with Gasteiger partial charge < -0.3 is 9.47 Å². The van der Waals surface area contributed by atoms with Gasteiger partial charge >= 0.3 is 0 Å². The second-order valence-electron chi connectivity index (χ2n) is 2.40. The molecule has 0 radical (unpaired) electrons. The Balaban J connectivity index is 2.15. The van der Waals surface area contributed by atoms with Crippen molar-refractivity contribution in [1.29, 1.82) is 0 Å². The highest BCUT2D eigenvalue weighted by atomic mass is 32.1. The molecule has 60 valence electrons. The van der Waals surface area contributed by atoms with Crippen LogP contribution in [-0.2, 0) is 9.47 Å². The SMILES string of the molecule is Cc1csc(C2OCCO2)n1. The average molecular weight is 171 g/mol. The van der Waals surface area contributed by atoms with Gasteiger partial charge in [0.05, 0.1) is 13.2 Å². The molecule has 0 N–H and O–H groups in total. The molecule has 0 unspecified atom stereocenters. The van der Waals surface area contributed by atoms with E-state index in [0.29, 0.717) is 13.2 Å². The Labute approximate surface area is 69.0 Å². The van der Waals surface area contributed by atoms with Crippen molar-refractivity contribution in [3.63, 3.8) is 0 Å². The topological polar surface area (TPSA) is 31.4 Å². The number of aryl methyl sites for hydroxylation is 1. The van der Waals surface area contributed by atoms with Crippen LogP contribution in [0.3, 0.4) is 0 Å². The van der Waals surface area contributed by atoms with Gasteiger partial charge in [0.15, 0.2) is 0 Å². The van der Waals surface area contributed by atoms with Crippen molar-refractivity contribution in [3.05, 3.63) is 16.1 Å². The van der Waals surface area contributed by atoms with Gasteiger partial charge in [-0.15, -0.1) is 11.3 Å². The Bertz CT molecular complexity index is 242. The zero-order valence-corrected chi connectivity index (χ0v) is 7.06. The van der Waals surface area contributed by atoms with E-state index in [2.05, 4.69) is 4.98 Å². The van der Waals surface area contributed by atoms with Gasteiger partial charge in [0.25, 0.3) is 0 Å². The van der Waals surface area contributed by atoms with E-state index in [4.69, 9.17) is 9.47 Å². The van der Waals surface area contributed by atoms with E-state index < -0.39 is 0 Å². The zero-order chi connectivity index (χ0) is 7.68. The fraction of sp³-hybridized carbons (Fsp3) is 0.571. The maximum Gasteiger partial charge on any atom is 0.211 e. The summed E-state index contributed by atoms with van der Waals surface area (Å²) in [6, 6.07) is 0. The first-order chi connectivity index (χ1) is 5.36. The predicted molar refractivity (Wildman–Crippen MR) is 41.5 cm³/mol. The quantitative estimate of drug-likeness (QED) is 0.641. The maximum absolute atomic E-state index is 5.28. The van der Waals surface area contributed by atoms with E-state index in [1.807, 2.05) is 12.3 Å². The lowest BCUT2D eigenvalue weighted by Crippen LogP contribution is -1.96. The van der Waals surface area contributed by atoms with E-state index in [1.54, 1.807) is 11.3 Å². The Morgan fingerprint density at radius 1 is 1.55 bits per heavy atom. The Hall–Kier alpha value is -0.450. The predicted octanol–water partition coefficient (Wildman–Crippen LogP) is 1.50. The molecule has 0 aliphatic carbocycles. The van der Waals surface area contributed by atoms with Crippen LogP contribution in [0, 0.1) is 6.92 Å². The molecule has 3 nitrogen and oxygen atoms in total. The highest BCUT2D eigenvalue weighted by Gasteiger charge is 2.20. The lowest BCUT2D eigenvalue weighted by molar-refractivity contribution is -0.0442. The van der Waals surface area contributed by atoms with E-state index in [-0.39, 0.29) is 6.29 Å². The summed E-state index contributed by atoms with van der Waals surface area (Å²) in [6.07, 6.45) is -0.200. The van der Waals surface area contributed by atoms with Crippen LogP contribution in [0.5, 0.6) is 0 Å². The molecular weight excluding hydrogens is 162 g/mol. The third-order valence-corrected chi connectivity index (χ3v) is 2.44. The lowest BCUT2D eigenvalue weighted by Gasteiger charge is -2.02. The number of aromatic nitrogens is 1. The first-order valence-corrected chi connectivity index (χ1v) is 4.39. The van der Waals surface area contributed by atoms with Crippen molar-refractivity contribution in [2.45, 2.75) is 13.2 Å². The van der Waals surface area contributed by atoms with Gasteiger partial charge in [0, 0.05) is 11.1 Å². The molecule has 0 bridgehead atoms. The van der Waals surface area contributed by atoms with Crippen molar-refractivity contribution < 1.29 is 9.47 Å². The lowest BCUT2D eigenvalue weighted by atomic mass is 10.6. The van der Waals surface area contributed by atoms with Crippen molar-refractivity contribution in [3.8, 4) is 0 Å². The number of ether oxygens (including phenoxy) is 2. The minimum Gasteiger partial charge on any atom is -0.344 e. The summed E-state index contributed by atoms with van der Waals surface area (Å²) in [5, 5.41) is 2.93. The number of rotatable bonds is 1. The summed E-state index contributed by atoms with van der Waals surface area (Å²) in [5.41, 5.74) is 1.03. The van der Waals surface area contributed by atoms with E-state index in [9.17, 15) is 0 Å². The first-order valence-electron chi connectivity index (χ1n) is 3.51. The van der Waals surface area contributed by atoms with Crippen LogP contribution in [0.15, 0.2) is 5.38 Å². The van der Waals surface area contributed by atoms with Crippen LogP contribution in [0.2, 0.25) is 0 Å². The van der Waals surface area contributed by atoms with Gasteiger partial charge in [-0.2, -0.15) is 0 Å². The summed E-state index contributed by atoms with van der Waals surface area (Å²) >= 11 is 1.59. The molecule has 1 aromatic heterocycles. The van der Waals surface area contributed by atoms with E-state index >= 15 is 0 Å². The van der Waals surface area contributed by atoms with Crippen LogP contribution in [-0.4, -0.2) is 18.2 Å². The standard InChI is InChI=1S/C7H9NO2S/c1-5-4-11-6(8-5)7-9-2-3-10-7/h4,7H,2-3H2,1H3. The number of hydrogen-bond acceptors (Lipinski definition) is 4. The fourth-order valence-electron chi connectivity index (χ4n) is 0.981. The first kappa shape index (κ1) is 7.21. The smallest absolute Gasteiger partial charge is 0.211 e. The average Bonchev–Trinajstić information content (AvgIpc) is 2.55. The van der Waals surface area contributed by atoms with Gasteiger partial charge in [0.2, 0.25) is 6.29 Å². The van der Waals surface area contributed by atoms with Crippen LogP contribution in [0.25, 0.3) is 0 Å². The van der Waals surface area contributed by atoms with Crippen molar-refractivity contribution in [1.82, 2.24) is 4.98 Å².